The monoisotopic (exact) mass is 251 g/mol. The van der Waals surface area contributed by atoms with E-state index in [1.165, 1.54) is 0 Å². The molecule has 0 saturated heterocycles. The van der Waals surface area contributed by atoms with Crippen LogP contribution in [-0.2, 0) is 4.74 Å². The molecule has 0 atom stereocenters. The van der Waals surface area contributed by atoms with Gasteiger partial charge in [-0.25, -0.2) is 0 Å². The smallest absolute Gasteiger partial charge is 0.119 e. The van der Waals surface area contributed by atoms with Gasteiger partial charge in [-0.15, -0.1) is 0 Å². The third kappa shape index (κ3) is 7.17. The van der Waals surface area contributed by atoms with Crippen LogP contribution in [0, 0.1) is 5.41 Å². The summed E-state index contributed by atoms with van der Waals surface area (Å²) in [6.07, 6.45) is 2.00. The van der Waals surface area contributed by atoms with Gasteiger partial charge in [0.1, 0.15) is 5.75 Å². The molecule has 2 N–H and O–H groups in total. The SMILES string of the molecule is CC(C)(C)CCOCCCOc1ccc(N)cc1. The molecular formula is C15H25NO2. The number of benzene rings is 1. The Balaban J connectivity index is 2.00. The maximum absolute atomic E-state index is 5.60. The number of nitrogen functional groups attached to an aromatic ring is 1. The van der Waals surface area contributed by atoms with E-state index < -0.39 is 0 Å². The molecule has 0 saturated carbocycles. The van der Waals surface area contributed by atoms with Gasteiger partial charge in [0, 0.05) is 25.3 Å². The maximum atomic E-state index is 5.60. The summed E-state index contributed by atoms with van der Waals surface area (Å²) in [7, 11) is 0. The molecule has 0 aromatic heterocycles. The first kappa shape index (κ1) is 14.8. The molecular weight excluding hydrogens is 226 g/mol. The van der Waals surface area contributed by atoms with E-state index in [9.17, 15) is 0 Å². The van der Waals surface area contributed by atoms with Crippen LogP contribution in [0.25, 0.3) is 0 Å². The van der Waals surface area contributed by atoms with Crippen LogP contribution < -0.4 is 10.5 Å². The normalized spacial score (nSPS) is 11.5. The first-order valence-corrected chi connectivity index (χ1v) is 6.53. The molecule has 1 rings (SSSR count). The van der Waals surface area contributed by atoms with Gasteiger partial charge >= 0.3 is 0 Å². The van der Waals surface area contributed by atoms with E-state index in [4.69, 9.17) is 15.2 Å². The van der Waals surface area contributed by atoms with Gasteiger partial charge in [-0.05, 0) is 36.1 Å². The Hall–Kier alpha value is -1.22. The molecule has 0 spiro atoms. The number of anilines is 1. The van der Waals surface area contributed by atoms with Gasteiger partial charge in [0.15, 0.2) is 0 Å². The fraction of sp³-hybridized carbons (Fsp3) is 0.600. The molecule has 0 heterocycles. The van der Waals surface area contributed by atoms with Gasteiger partial charge in [0.05, 0.1) is 6.61 Å². The van der Waals surface area contributed by atoms with Crippen LogP contribution in [0.15, 0.2) is 24.3 Å². The molecule has 0 amide bonds. The fourth-order valence-electron chi connectivity index (χ4n) is 1.40. The molecule has 0 aliphatic rings. The average molecular weight is 251 g/mol. The second kappa shape index (κ2) is 7.27. The van der Waals surface area contributed by atoms with Crippen molar-refractivity contribution in [2.24, 2.45) is 5.41 Å². The zero-order valence-corrected chi connectivity index (χ0v) is 11.7. The highest BCUT2D eigenvalue weighted by Crippen LogP contribution is 2.18. The van der Waals surface area contributed by atoms with Crippen molar-refractivity contribution in [2.75, 3.05) is 25.6 Å². The first-order chi connectivity index (χ1) is 8.47. The van der Waals surface area contributed by atoms with E-state index in [2.05, 4.69) is 20.8 Å². The molecule has 3 heteroatoms. The van der Waals surface area contributed by atoms with Crippen molar-refractivity contribution in [3.8, 4) is 5.75 Å². The number of nitrogens with two attached hydrogens (primary N) is 1. The highest BCUT2D eigenvalue weighted by molar-refractivity contribution is 5.41. The van der Waals surface area contributed by atoms with Crippen molar-refractivity contribution in [1.29, 1.82) is 0 Å². The number of hydrogen-bond donors (Lipinski definition) is 1. The predicted octanol–water partition coefficient (Wildman–Crippen LogP) is 3.49. The molecule has 1 aromatic carbocycles. The molecule has 0 unspecified atom stereocenters. The summed E-state index contributed by atoms with van der Waals surface area (Å²) in [4.78, 5) is 0. The summed E-state index contributed by atoms with van der Waals surface area (Å²) >= 11 is 0. The minimum absolute atomic E-state index is 0.348. The van der Waals surface area contributed by atoms with E-state index >= 15 is 0 Å². The number of rotatable bonds is 7. The summed E-state index contributed by atoms with van der Waals surface area (Å²) in [5.41, 5.74) is 6.70. The predicted molar refractivity (Wildman–Crippen MR) is 75.9 cm³/mol. The largest absolute Gasteiger partial charge is 0.494 e. The van der Waals surface area contributed by atoms with Gasteiger partial charge in [0.25, 0.3) is 0 Å². The van der Waals surface area contributed by atoms with Crippen LogP contribution >= 0.6 is 0 Å². The summed E-state index contributed by atoms with van der Waals surface area (Å²) in [5.74, 6) is 0.860. The Labute approximate surface area is 110 Å². The van der Waals surface area contributed by atoms with E-state index in [1.54, 1.807) is 0 Å². The molecule has 0 aliphatic carbocycles. The van der Waals surface area contributed by atoms with Gasteiger partial charge in [-0.1, -0.05) is 20.8 Å². The minimum Gasteiger partial charge on any atom is -0.494 e. The van der Waals surface area contributed by atoms with Crippen LogP contribution in [-0.4, -0.2) is 19.8 Å². The zero-order chi connectivity index (χ0) is 13.4. The Morgan fingerprint density at radius 3 is 2.28 bits per heavy atom. The van der Waals surface area contributed by atoms with Gasteiger partial charge in [-0.2, -0.15) is 0 Å². The zero-order valence-electron chi connectivity index (χ0n) is 11.7. The van der Waals surface area contributed by atoms with Crippen molar-refractivity contribution in [3.05, 3.63) is 24.3 Å². The standard InChI is InChI=1S/C15H25NO2/c1-15(2,3)9-12-17-10-4-11-18-14-7-5-13(16)6-8-14/h5-8H,4,9-12,16H2,1-3H3. The lowest BCUT2D eigenvalue weighted by molar-refractivity contribution is 0.0973. The Morgan fingerprint density at radius 1 is 1.00 bits per heavy atom. The number of ether oxygens (including phenoxy) is 2. The maximum Gasteiger partial charge on any atom is 0.119 e. The van der Waals surface area contributed by atoms with Crippen molar-refractivity contribution >= 4 is 5.69 Å². The van der Waals surface area contributed by atoms with Crippen LogP contribution in [0.5, 0.6) is 5.75 Å². The van der Waals surface area contributed by atoms with Crippen LogP contribution in [0.3, 0.4) is 0 Å². The van der Waals surface area contributed by atoms with Crippen LogP contribution in [0.2, 0.25) is 0 Å². The average Bonchev–Trinajstić information content (AvgIpc) is 2.29. The van der Waals surface area contributed by atoms with Crippen molar-refractivity contribution in [2.45, 2.75) is 33.6 Å². The molecule has 0 radical (unpaired) electrons. The second-order valence-corrected chi connectivity index (χ2v) is 5.69. The molecule has 0 aliphatic heterocycles. The lowest BCUT2D eigenvalue weighted by Gasteiger charge is -2.17. The number of hydrogen-bond acceptors (Lipinski definition) is 3. The van der Waals surface area contributed by atoms with E-state index in [0.717, 1.165) is 37.5 Å². The Kier molecular flexibility index (Phi) is 5.99. The lowest BCUT2D eigenvalue weighted by atomic mass is 9.93. The molecule has 102 valence electrons. The van der Waals surface area contributed by atoms with Crippen molar-refractivity contribution in [3.63, 3.8) is 0 Å². The highest BCUT2D eigenvalue weighted by atomic mass is 16.5. The highest BCUT2D eigenvalue weighted by Gasteiger charge is 2.08. The molecule has 18 heavy (non-hydrogen) atoms. The third-order valence-electron chi connectivity index (χ3n) is 2.58. The molecule has 1 aromatic rings. The van der Waals surface area contributed by atoms with E-state index in [1.807, 2.05) is 24.3 Å². The molecule has 3 nitrogen and oxygen atoms in total. The van der Waals surface area contributed by atoms with Gasteiger partial charge < -0.3 is 15.2 Å². The van der Waals surface area contributed by atoms with Crippen LogP contribution in [0.1, 0.15) is 33.6 Å². The fourth-order valence-corrected chi connectivity index (χ4v) is 1.40. The first-order valence-electron chi connectivity index (χ1n) is 6.53. The van der Waals surface area contributed by atoms with E-state index in [0.29, 0.717) is 12.0 Å². The lowest BCUT2D eigenvalue weighted by Crippen LogP contribution is -2.11. The summed E-state index contributed by atoms with van der Waals surface area (Å²) in [6, 6.07) is 7.45. The van der Waals surface area contributed by atoms with Gasteiger partial charge in [-0.3, -0.25) is 0 Å². The summed E-state index contributed by atoms with van der Waals surface area (Å²) < 4.78 is 11.1. The second-order valence-electron chi connectivity index (χ2n) is 5.69. The quantitative estimate of drug-likeness (QED) is 0.596. The van der Waals surface area contributed by atoms with Crippen LogP contribution in [0.4, 0.5) is 5.69 Å². The Morgan fingerprint density at radius 2 is 1.67 bits per heavy atom. The van der Waals surface area contributed by atoms with Crippen molar-refractivity contribution in [1.82, 2.24) is 0 Å². The molecule has 0 fully saturated rings. The minimum atomic E-state index is 0.348. The topological polar surface area (TPSA) is 44.5 Å². The summed E-state index contributed by atoms with van der Waals surface area (Å²) in [5, 5.41) is 0. The Bertz CT molecular complexity index is 327. The third-order valence-corrected chi connectivity index (χ3v) is 2.58. The summed E-state index contributed by atoms with van der Waals surface area (Å²) in [6.45, 7) is 8.93. The van der Waals surface area contributed by atoms with Gasteiger partial charge in [0.2, 0.25) is 0 Å². The van der Waals surface area contributed by atoms with E-state index in [-0.39, 0.29) is 0 Å². The molecule has 0 bridgehead atoms. The van der Waals surface area contributed by atoms with Crippen molar-refractivity contribution < 1.29 is 9.47 Å².